The van der Waals surface area contributed by atoms with Crippen LogP contribution in [0, 0.1) is 0 Å². The van der Waals surface area contributed by atoms with Gasteiger partial charge in [-0.25, -0.2) is 4.79 Å². The maximum Gasteiger partial charge on any atom is 0.351 e. The number of amides is 2. The molecule has 0 radical (unpaired) electrons. The summed E-state index contributed by atoms with van der Waals surface area (Å²) in [6, 6.07) is -0.582. The van der Waals surface area contributed by atoms with E-state index in [2.05, 4.69) is 21.7 Å². The van der Waals surface area contributed by atoms with E-state index in [0.717, 1.165) is 11.1 Å². The van der Waals surface area contributed by atoms with Crippen LogP contribution in [0.1, 0.15) is 41.5 Å². The molecule has 2 rings (SSSR count). The summed E-state index contributed by atoms with van der Waals surface area (Å²) in [6.07, 6.45) is 15.0. The van der Waals surface area contributed by atoms with Crippen LogP contribution in [-0.4, -0.2) is 39.4 Å². The molecule has 39 heavy (non-hydrogen) atoms. The van der Waals surface area contributed by atoms with E-state index in [4.69, 9.17) is 10.2 Å². The van der Waals surface area contributed by atoms with Crippen molar-refractivity contribution in [2.45, 2.75) is 41.5 Å². The Bertz CT molecular complexity index is 1090. The van der Waals surface area contributed by atoms with Crippen LogP contribution in [-0.2, 0) is 45.4 Å². The van der Waals surface area contributed by atoms with Crippen molar-refractivity contribution in [3.63, 3.8) is 0 Å². The summed E-state index contributed by atoms with van der Waals surface area (Å²) in [5, 5.41) is 16.7. The zero-order chi connectivity index (χ0) is 29.3. The number of aliphatic hydroxyl groups excluding tert-OH is 2. The van der Waals surface area contributed by atoms with Crippen LogP contribution in [0.4, 0.5) is 4.79 Å². The van der Waals surface area contributed by atoms with Crippen LogP contribution in [0.2, 0.25) is 0 Å². The second kappa shape index (κ2) is 20.0. The van der Waals surface area contributed by atoms with Gasteiger partial charge in [0, 0.05) is 61.9 Å². The van der Waals surface area contributed by atoms with Crippen LogP contribution in [0.5, 0.6) is 0 Å². The average molecular weight is 618 g/mol. The minimum atomic E-state index is -0.582. The van der Waals surface area contributed by atoms with Gasteiger partial charge in [0.1, 0.15) is 0 Å². The summed E-state index contributed by atoms with van der Waals surface area (Å²) in [4.78, 5) is 54.9. The summed E-state index contributed by atoms with van der Waals surface area (Å²) in [5.41, 5.74) is 12.3. The Balaban J connectivity index is 0. The minimum absolute atomic E-state index is 0. The van der Waals surface area contributed by atoms with Gasteiger partial charge < -0.3 is 21.1 Å². The van der Waals surface area contributed by atoms with Gasteiger partial charge in [-0.15, -0.1) is 0 Å². The smallest absolute Gasteiger partial charge is 0.351 e. The summed E-state index contributed by atoms with van der Waals surface area (Å²) in [6.45, 7) is 9.35. The fraction of sp³-hybridized carbons (Fsp3) is 0.222. The molecule has 2 amide bonds. The fourth-order valence-corrected chi connectivity index (χ4v) is 2.50. The Morgan fingerprint density at radius 3 is 1.23 bits per heavy atom. The van der Waals surface area contributed by atoms with Crippen molar-refractivity contribution in [2.75, 3.05) is 0 Å². The predicted octanol–water partition coefficient (Wildman–Crippen LogP) is 3.30. The molecule has 11 nitrogen and oxygen atoms in total. The molecule has 12 heteroatoms. The third-order valence-corrected chi connectivity index (χ3v) is 3.99. The minimum Gasteiger partial charge on any atom is -0.512 e. The molecule has 0 aromatic rings. The van der Waals surface area contributed by atoms with Crippen molar-refractivity contribution < 1.29 is 60.4 Å². The Hall–Kier alpha value is -4.05. The van der Waals surface area contributed by atoms with Gasteiger partial charge in [-0.2, -0.15) is 0 Å². The first-order valence-corrected chi connectivity index (χ1v) is 11.3. The SMILES string of the molecule is CC(=O)/C=C(/C)O.CC(=O)/C=C(/C)O.CC1=CC(=O)/C(=C\NNC(=O)NN/C=C2/C=CC(C)=CC2=O)C=C1.[Zr]. The first kappa shape index (κ1) is 37.1. The van der Waals surface area contributed by atoms with Crippen LogP contribution in [0.3, 0.4) is 0 Å². The van der Waals surface area contributed by atoms with Crippen molar-refractivity contribution in [2.24, 2.45) is 0 Å². The van der Waals surface area contributed by atoms with Crippen molar-refractivity contribution >= 4 is 29.2 Å². The molecule has 0 fully saturated rings. The predicted molar refractivity (Wildman–Crippen MR) is 144 cm³/mol. The Labute approximate surface area is 246 Å². The molecule has 0 heterocycles. The Morgan fingerprint density at radius 1 is 0.667 bits per heavy atom. The average Bonchev–Trinajstić information content (AvgIpc) is 2.76. The van der Waals surface area contributed by atoms with Gasteiger partial charge in [-0.05, 0) is 77.0 Å². The van der Waals surface area contributed by atoms with E-state index < -0.39 is 6.03 Å². The van der Waals surface area contributed by atoms with E-state index in [0.29, 0.717) is 11.1 Å². The van der Waals surface area contributed by atoms with Crippen molar-refractivity contribution in [3.8, 4) is 0 Å². The molecule has 2 aliphatic rings. The number of aliphatic hydroxyl groups is 2. The van der Waals surface area contributed by atoms with Gasteiger partial charge in [-0.3, -0.25) is 30.0 Å². The third kappa shape index (κ3) is 19.7. The molecule has 6 N–H and O–H groups in total. The molecule has 0 saturated heterocycles. The summed E-state index contributed by atoms with van der Waals surface area (Å²) >= 11 is 0. The van der Waals surface area contributed by atoms with E-state index >= 15 is 0 Å². The van der Waals surface area contributed by atoms with Gasteiger partial charge in [0.25, 0.3) is 0 Å². The molecule has 0 bridgehead atoms. The molecule has 0 unspecified atom stereocenters. The number of carbonyl (C=O) groups is 5. The van der Waals surface area contributed by atoms with Gasteiger partial charge >= 0.3 is 6.03 Å². The number of carbonyl (C=O) groups excluding carboxylic acids is 5. The third-order valence-electron chi connectivity index (χ3n) is 3.99. The van der Waals surface area contributed by atoms with Gasteiger partial charge in [0.05, 0.1) is 11.5 Å². The number of hydrazine groups is 2. The maximum absolute atomic E-state index is 11.7. The number of urea groups is 1. The monoisotopic (exact) mass is 616 g/mol. The number of rotatable bonds is 6. The number of hydrogen-bond donors (Lipinski definition) is 6. The zero-order valence-corrected chi connectivity index (χ0v) is 25.2. The van der Waals surface area contributed by atoms with Gasteiger partial charge in [-0.1, -0.05) is 12.2 Å². The second-order valence-electron chi connectivity index (χ2n) is 8.03. The summed E-state index contributed by atoms with van der Waals surface area (Å²) in [7, 11) is 0. The second-order valence-corrected chi connectivity index (χ2v) is 8.03. The van der Waals surface area contributed by atoms with Gasteiger partial charge in [0.2, 0.25) is 0 Å². The molecule has 0 saturated carbocycles. The first-order valence-electron chi connectivity index (χ1n) is 11.3. The first-order chi connectivity index (χ1) is 17.7. The van der Waals surface area contributed by atoms with Crippen molar-refractivity contribution in [1.82, 2.24) is 21.7 Å². The number of ketones is 4. The molecule has 208 valence electrons. The number of allylic oxidation sites excluding steroid dienone is 14. The van der Waals surface area contributed by atoms with E-state index in [1.165, 1.54) is 64.4 Å². The standard InChI is InChI=1S/C17H18N4O3.2C5H8O2.Zr/c1-11-3-5-13(15(22)7-11)9-18-20-17(24)21-19-10-14-6-4-12(2)8-16(14)23;2*1-4(6)3-5(2)7;/h3-10,18-19H,1-2H3,(H2,20,21,24);2*3,6H,1-2H3;/b13-9-,14-10-;2*4-3-;. The van der Waals surface area contributed by atoms with Crippen LogP contribution in [0.25, 0.3) is 0 Å². The van der Waals surface area contributed by atoms with Crippen LogP contribution in [0.15, 0.2) is 94.8 Å². The van der Waals surface area contributed by atoms with E-state index in [9.17, 15) is 24.0 Å². The van der Waals surface area contributed by atoms with Gasteiger partial charge in [0.15, 0.2) is 23.1 Å². The fourth-order valence-electron chi connectivity index (χ4n) is 2.50. The van der Waals surface area contributed by atoms with E-state index in [-0.39, 0.29) is 60.9 Å². The maximum atomic E-state index is 11.7. The molecule has 2 aliphatic carbocycles. The van der Waals surface area contributed by atoms with Crippen LogP contribution >= 0.6 is 0 Å². The zero-order valence-electron chi connectivity index (χ0n) is 22.7. The van der Waals surface area contributed by atoms with Crippen molar-refractivity contribution in [3.05, 3.63) is 94.8 Å². The number of nitrogens with one attached hydrogen (secondary N) is 4. The summed E-state index contributed by atoms with van der Waals surface area (Å²) < 4.78 is 0. The molecule has 0 aromatic carbocycles. The Kier molecular flexibility index (Phi) is 19.0. The Morgan fingerprint density at radius 2 is 1.00 bits per heavy atom. The molecule has 0 aromatic heterocycles. The normalized spacial score (nSPS) is 16.4. The number of hydrogen-bond acceptors (Lipinski definition) is 9. The van der Waals surface area contributed by atoms with E-state index in [1.54, 1.807) is 24.3 Å². The molecule has 0 atom stereocenters. The largest absolute Gasteiger partial charge is 0.512 e. The molecular formula is C27H34N4O7Zr. The van der Waals surface area contributed by atoms with Crippen molar-refractivity contribution in [1.29, 1.82) is 0 Å². The van der Waals surface area contributed by atoms with Crippen LogP contribution < -0.4 is 21.7 Å². The molecule has 0 spiro atoms. The van der Waals surface area contributed by atoms with E-state index in [1.807, 2.05) is 13.8 Å². The molecular weight excluding hydrogens is 584 g/mol. The quantitative estimate of drug-likeness (QED) is 0.148. The topological polar surface area (TPSA) is 174 Å². The molecule has 0 aliphatic heterocycles. The summed E-state index contributed by atoms with van der Waals surface area (Å²) in [5.74, 6) is -0.406.